The fraction of sp³-hybridized carbons (Fsp3) is 0.143. The molecule has 8 heteroatoms. The van der Waals surface area contributed by atoms with Gasteiger partial charge in [0.15, 0.2) is 10.7 Å². The van der Waals surface area contributed by atoms with E-state index in [1.165, 1.54) is 17.7 Å². The molecule has 0 fully saturated rings. The maximum Gasteiger partial charge on any atom is 0.208 e. The van der Waals surface area contributed by atoms with Crippen LogP contribution < -0.4 is 5.73 Å². The topological polar surface area (TPSA) is 82.5 Å². The third-order valence-electron chi connectivity index (χ3n) is 1.74. The molecular weight excluding hydrogens is 284 g/mol. The first kappa shape index (κ1) is 10.5. The number of nitrogens with two attached hydrogens (primary N) is 1. The fourth-order valence-corrected chi connectivity index (χ4v) is 2.14. The second kappa shape index (κ2) is 3.87. The zero-order valence-electron chi connectivity index (χ0n) is 7.68. The number of aromatic nitrogens is 3. The summed E-state index contributed by atoms with van der Waals surface area (Å²) in [6.45, 7) is 0. The van der Waals surface area contributed by atoms with Crippen molar-refractivity contribution < 1.29 is 8.39 Å². The highest BCUT2D eigenvalue weighted by molar-refractivity contribution is 9.10. The number of rotatable bonds is 2. The lowest BCUT2D eigenvalue weighted by Gasteiger charge is -2.03. The van der Waals surface area contributed by atoms with Gasteiger partial charge in [-0.2, -0.15) is 5.10 Å². The van der Waals surface area contributed by atoms with Gasteiger partial charge in [-0.15, -0.1) is 0 Å². The lowest BCUT2D eigenvalue weighted by atomic mass is 10.5. The third-order valence-corrected chi connectivity index (χ3v) is 3.23. The third kappa shape index (κ3) is 1.75. The number of hydrogen-bond donors (Lipinski definition) is 1. The molecule has 1 unspecified atom stereocenters. The second-order valence-electron chi connectivity index (χ2n) is 2.65. The van der Waals surface area contributed by atoms with Gasteiger partial charge in [-0.3, -0.25) is 4.18 Å². The van der Waals surface area contributed by atoms with E-state index in [2.05, 4.69) is 26.0 Å². The molecule has 2 N–H and O–H groups in total. The van der Waals surface area contributed by atoms with Gasteiger partial charge in [0.25, 0.3) is 0 Å². The van der Waals surface area contributed by atoms with Crippen LogP contribution in [0.25, 0.3) is 5.65 Å². The Balaban J connectivity index is 2.78. The van der Waals surface area contributed by atoms with Crippen LogP contribution in [0, 0.1) is 0 Å². The summed E-state index contributed by atoms with van der Waals surface area (Å²) in [6, 6.07) is 1.46. The number of nitrogen functional groups attached to an aromatic ring is 1. The van der Waals surface area contributed by atoms with E-state index in [0.717, 1.165) is 0 Å². The summed E-state index contributed by atoms with van der Waals surface area (Å²) in [7, 11) is 1.34. The van der Waals surface area contributed by atoms with Gasteiger partial charge in [0.2, 0.25) is 11.1 Å². The van der Waals surface area contributed by atoms with Crippen LogP contribution in [0.15, 0.2) is 21.8 Å². The van der Waals surface area contributed by atoms with Gasteiger partial charge in [-0.1, -0.05) is 0 Å². The first-order valence-electron chi connectivity index (χ1n) is 3.89. The monoisotopic (exact) mass is 290 g/mol. The van der Waals surface area contributed by atoms with Crippen molar-refractivity contribution in [3.8, 4) is 0 Å². The van der Waals surface area contributed by atoms with E-state index in [0.29, 0.717) is 15.1 Å². The maximum atomic E-state index is 11.5. The van der Waals surface area contributed by atoms with Crippen LogP contribution in [0.3, 0.4) is 0 Å². The second-order valence-corrected chi connectivity index (χ2v) is 4.72. The Bertz CT molecular complexity index is 541. The minimum atomic E-state index is -1.60. The molecule has 2 aromatic rings. The summed E-state index contributed by atoms with van der Waals surface area (Å²) in [6.07, 6.45) is 1.55. The summed E-state index contributed by atoms with van der Waals surface area (Å²) in [4.78, 5) is 4.05. The Hall–Kier alpha value is -0.990. The molecule has 2 heterocycles. The van der Waals surface area contributed by atoms with Gasteiger partial charge < -0.3 is 5.73 Å². The number of nitrogens with zero attached hydrogens (tertiary/aromatic N) is 3. The smallest absolute Gasteiger partial charge is 0.208 e. The van der Waals surface area contributed by atoms with Crippen LogP contribution in [-0.2, 0) is 15.3 Å². The van der Waals surface area contributed by atoms with Crippen molar-refractivity contribution in [2.75, 3.05) is 12.8 Å². The number of anilines is 1. The maximum absolute atomic E-state index is 11.5. The SMILES string of the molecule is COS(=O)c1cc(N)nc2c(Br)cnn12. The van der Waals surface area contributed by atoms with E-state index in [4.69, 9.17) is 9.92 Å². The summed E-state index contributed by atoms with van der Waals surface area (Å²) >= 11 is 1.66. The minimum Gasteiger partial charge on any atom is -0.384 e. The minimum absolute atomic E-state index is 0.268. The summed E-state index contributed by atoms with van der Waals surface area (Å²) in [5, 5.41) is 4.36. The summed E-state index contributed by atoms with van der Waals surface area (Å²) in [5.74, 6) is 0.268. The van der Waals surface area contributed by atoms with Crippen molar-refractivity contribution in [3.63, 3.8) is 0 Å². The van der Waals surface area contributed by atoms with E-state index >= 15 is 0 Å². The largest absolute Gasteiger partial charge is 0.384 e. The molecule has 2 aromatic heterocycles. The van der Waals surface area contributed by atoms with Crippen molar-refractivity contribution in [2.45, 2.75) is 5.03 Å². The Morgan fingerprint density at radius 3 is 3.07 bits per heavy atom. The van der Waals surface area contributed by atoms with Crippen LogP contribution in [0.5, 0.6) is 0 Å². The average Bonchev–Trinajstić information content (AvgIpc) is 2.58. The summed E-state index contributed by atoms with van der Waals surface area (Å²) in [5.41, 5.74) is 6.09. The van der Waals surface area contributed by atoms with Gasteiger partial charge in [0.05, 0.1) is 17.8 Å². The van der Waals surface area contributed by atoms with Gasteiger partial charge >= 0.3 is 0 Å². The van der Waals surface area contributed by atoms with E-state index in [1.54, 1.807) is 6.20 Å². The highest BCUT2D eigenvalue weighted by Crippen LogP contribution is 2.20. The van der Waals surface area contributed by atoms with Gasteiger partial charge in [-0.05, 0) is 15.9 Å². The highest BCUT2D eigenvalue weighted by Gasteiger charge is 2.13. The zero-order chi connectivity index (χ0) is 11.0. The molecule has 0 aromatic carbocycles. The van der Waals surface area contributed by atoms with E-state index in [1.807, 2.05) is 0 Å². The molecule has 0 radical (unpaired) electrons. The predicted molar refractivity (Wildman–Crippen MR) is 58.5 cm³/mol. The molecule has 0 aliphatic heterocycles. The van der Waals surface area contributed by atoms with Crippen molar-refractivity contribution in [1.82, 2.24) is 14.6 Å². The Kier molecular flexibility index (Phi) is 2.72. The van der Waals surface area contributed by atoms with Crippen LogP contribution >= 0.6 is 15.9 Å². The number of hydrogen-bond acceptors (Lipinski definition) is 5. The van der Waals surface area contributed by atoms with Gasteiger partial charge in [-0.25, -0.2) is 13.7 Å². The zero-order valence-corrected chi connectivity index (χ0v) is 10.1. The lowest BCUT2D eigenvalue weighted by molar-refractivity contribution is 0.441. The molecule has 0 saturated carbocycles. The molecule has 80 valence electrons. The van der Waals surface area contributed by atoms with Gasteiger partial charge in [0.1, 0.15) is 5.82 Å². The first-order chi connectivity index (χ1) is 7.13. The Morgan fingerprint density at radius 1 is 1.67 bits per heavy atom. The lowest BCUT2D eigenvalue weighted by Crippen LogP contribution is -2.06. The Labute approximate surface area is 96.2 Å². The number of halogens is 1. The molecule has 0 bridgehead atoms. The van der Waals surface area contributed by atoms with Crippen molar-refractivity contribution in [3.05, 3.63) is 16.7 Å². The molecule has 6 nitrogen and oxygen atoms in total. The van der Waals surface area contributed by atoms with Crippen LogP contribution in [0.1, 0.15) is 0 Å². The molecule has 1 atom stereocenters. The molecule has 0 amide bonds. The van der Waals surface area contributed by atoms with Crippen LogP contribution in [-0.4, -0.2) is 25.9 Å². The standard InChI is InChI=1S/C7H7BrN4O2S/c1-14-15(13)6-2-5(9)11-7-4(8)3-10-12(6)7/h2-3H,1H3,(H2,9,11). The quantitative estimate of drug-likeness (QED) is 0.825. The van der Waals surface area contributed by atoms with Crippen molar-refractivity contribution in [1.29, 1.82) is 0 Å². The fourth-order valence-electron chi connectivity index (χ4n) is 1.13. The summed E-state index contributed by atoms with van der Waals surface area (Å²) < 4.78 is 18.3. The van der Waals surface area contributed by atoms with E-state index < -0.39 is 11.1 Å². The van der Waals surface area contributed by atoms with Crippen molar-refractivity contribution in [2.24, 2.45) is 0 Å². The number of fused-ring (bicyclic) bond motifs is 1. The molecule has 0 aliphatic carbocycles. The first-order valence-corrected chi connectivity index (χ1v) is 5.76. The van der Waals surface area contributed by atoms with Crippen molar-refractivity contribution >= 4 is 38.5 Å². The molecule has 2 rings (SSSR count). The molecule has 0 aliphatic rings. The van der Waals surface area contributed by atoms with E-state index in [9.17, 15) is 4.21 Å². The van der Waals surface area contributed by atoms with Gasteiger partial charge in [0, 0.05) is 6.07 Å². The molecule has 0 spiro atoms. The highest BCUT2D eigenvalue weighted by atomic mass is 79.9. The van der Waals surface area contributed by atoms with Crippen LogP contribution in [0.2, 0.25) is 0 Å². The van der Waals surface area contributed by atoms with Crippen LogP contribution in [0.4, 0.5) is 5.82 Å². The molecule has 15 heavy (non-hydrogen) atoms. The average molecular weight is 291 g/mol. The molecular formula is C7H7BrN4O2S. The van der Waals surface area contributed by atoms with E-state index in [-0.39, 0.29) is 5.82 Å². The molecule has 0 saturated heterocycles. The predicted octanol–water partition coefficient (Wildman–Crippen LogP) is 0.743. The Morgan fingerprint density at radius 2 is 2.40 bits per heavy atom. The normalized spacial score (nSPS) is 13.2.